The van der Waals surface area contributed by atoms with E-state index in [4.69, 9.17) is 18.3 Å². The number of carbonyl (C=O) groups is 1. The van der Waals surface area contributed by atoms with Crippen LogP contribution >= 0.6 is 0 Å². The van der Waals surface area contributed by atoms with Gasteiger partial charge in [-0.25, -0.2) is 0 Å². The zero-order valence-electron chi connectivity index (χ0n) is 15.5. The molecule has 0 radical (unpaired) electrons. The molecule has 2 heterocycles. The number of aromatic nitrogens is 2. The standard InChI is InChI=1S/C21H17N3O5/c1-26-16-8-4-14(5-9-16)21-24-23-19(29-21)13-28-17-10-6-15(7-11-17)22-20(25)18-3-2-12-27-18/h2-12H,13H2,1H3,(H,22,25). The van der Waals surface area contributed by atoms with Crippen molar-refractivity contribution < 1.29 is 23.1 Å². The molecule has 8 nitrogen and oxygen atoms in total. The molecule has 146 valence electrons. The molecule has 0 aliphatic heterocycles. The lowest BCUT2D eigenvalue weighted by molar-refractivity contribution is 0.0996. The van der Waals surface area contributed by atoms with Crippen molar-refractivity contribution in [1.29, 1.82) is 0 Å². The van der Waals surface area contributed by atoms with Crippen molar-refractivity contribution in [3.8, 4) is 23.0 Å². The van der Waals surface area contributed by atoms with Crippen LogP contribution < -0.4 is 14.8 Å². The van der Waals surface area contributed by atoms with Crippen molar-refractivity contribution in [1.82, 2.24) is 10.2 Å². The average molecular weight is 391 g/mol. The van der Waals surface area contributed by atoms with Crippen molar-refractivity contribution in [3.63, 3.8) is 0 Å². The zero-order chi connectivity index (χ0) is 20.1. The highest BCUT2D eigenvalue weighted by Gasteiger charge is 2.11. The number of ether oxygens (including phenoxy) is 2. The largest absolute Gasteiger partial charge is 0.497 e. The molecule has 1 N–H and O–H groups in total. The normalized spacial score (nSPS) is 10.5. The summed E-state index contributed by atoms with van der Waals surface area (Å²) in [6.07, 6.45) is 1.45. The van der Waals surface area contributed by atoms with Crippen LogP contribution in [0.4, 0.5) is 5.69 Å². The minimum absolute atomic E-state index is 0.126. The summed E-state index contributed by atoms with van der Waals surface area (Å²) in [6, 6.07) is 17.5. The van der Waals surface area contributed by atoms with E-state index in [2.05, 4.69) is 15.5 Å². The van der Waals surface area contributed by atoms with Gasteiger partial charge in [-0.05, 0) is 60.7 Å². The van der Waals surface area contributed by atoms with Gasteiger partial charge >= 0.3 is 0 Å². The Morgan fingerprint density at radius 2 is 1.76 bits per heavy atom. The number of hydrogen-bond donors (Lipinski definition) is 1. The third-order valence-electron chi connectivity index (χ3n) is 4.02. The number of rotatable bonds is 7. The van der Waals surface area contributed by atoms with E-state index >= 15 is 0 Å². The zero-order valence-corrected chi connectivity index (χ0v) is 15.5. The van der Waals surface area contributed by atoms with Gasteiger partial charge in [0, 0.05) is 11.3 Å². The first-order valence-corrected chi connectivity index (χ1v) is 8.76. The molecule has 8 heteroatoms. The van der Waals surface area contributed by atoms with Crippen molar-refractivity contribution in [2.45, 2.75) is 6.61 Å². The van der Waals surface area contributed by atoms with E-state index in [0.29, 0.717) is 23.2 Å². The first kappa shape index (κ1) is 18.3. The molecule has 0 aliphatic rings. The maximum Gasteiger partial charge on any atom is 0.291 e. The summed E-state index contributed by atoms with van der Waals surface area (Å²) < 4.78 is 21.5. The van der Waals surface area contributed by atoms with Gasteiger partial charge in [0.05, 0.1) is 13.4 Å². The number of nitrogens with zero attached hydrogens (tertiary/aromatic N) is 2. The van der Waals surface area contributed by atoms with Gasteiger partial charge in [0.1, 0.15) is 11.5 Å². The Morgan fingerprint density at radius 3 is 2.45 bits per heavy atom. The fourth-order valence-corrected chi connectivity index (χ4v) is 2.54. The third kappa shape index (κ3) is 4.44. The van der Waals surface area contributed by atoms with Crippen molar-refractivity contribution in [2.75, 3.05) is 12.4 Å². The summed E-state index contributed by atoms with van der Waals surface area (Å²) in [5.41, 5.74) is 1.42. The van der Waals surface area contributed by atoms with E-state index in [1.807, 2.05) is 24.3 Å². The second kappa shape index (κ2) is 8.30. The Kier molecular flexibility index (Phi) is 5.24. The highest BCUT2D eigenvalue weighted by molar-refractivity contribution is 6.02. The van der Waals surface area contributed by atoms with Crippen LogP contribution in [0.25, 0.3) is 11.5 Å². The van der Waals surface area contributed by atoms with Crippen LogP contribution in [0.3, 0.4) is 0 Å². The van der Waals surface area contributed by atoms with Gasteiger partial charge in [-0.2, -0.15) is 0 Å². The molecule has 2 aromatic heterocycles. The number of furan rings is 1. The fraction of sp³-hybridized carbons (Fsp3) is 0.0952. The SMILES string of the molecule is COc1ccc(-c2nnc(COc3ccc(NC(=O)c4ccco4)cc3)o2)cc1. The summed E-state index contributed by atoms with van der Waals surface area (Å²) in [4.78, 5) is 12.0. The van der Waals surface area contributed by atoms with E-state index in [1.54, 1.807) is 43.5 Å². The number of hydrogen-bond acceptors (Lipinski definition) is 7. The van der Waals surface area contributed by atoms with Crippen LogP contribution in [0.2, 0.25) is 0 Å². The molecular formula is C21H17N3O5. The van der Waals surface area contributed by atoms with Gasteiger partial charge in [-0.3, -0.25) is 4.79 Å². The van der Waals surface area contributed by atoms with Crippen LogP contribution in [-0.4, -0.2) is 23.2 Å². The molecule has 4 aromatic rings. The van der Waals surface area contributed by atoms with Gasteiger partial charge in [0.15, 0.2) is 12.4 Å². The van der Waals surface area contributed by atoms with Gasteiger partial charge in [-0.1, -0.05) is 0 Å². The number of benzene rings is 2. The van der Waals surface area contributed by atoms with E-state index in [0.717, 1.165) is 11.3 Å². The topological polar surface area (TPSA) is 99.6 Å². The summed E-state index contributed by atoms with van der Waals surface area (Å²) in [7, 11) is 1.61. The molecule has 1 amide bonds. The molecule has 0 unspecified atom stereocenters. The van der Waals surface area contributed by atoms with E-state index < -0.39 is 0 Å². The molecule has 0 aliphatic carbocycles. The highest BCUT2D eigenvalue weighted by Crippen LogP contribution is 2.22. The predicted molar refractivity (Wildman–Crippen MR) is 104 cm³/mol. The molecule has 4 rings (SSSR count). The van der Waals surface area contributed by atoms with E-state index in [1.165, 1.54) is 6.26 Å². The first-order valence-electron chi connectivity index (χ1n) is 8.76. The van der Waals surface area contributed by atoms with Crippen molar-refractivity contribution in [3.05, 3.63) is 78.6 Å². The summed E-state index contributed by atoms with van der Waals surface area (Å²) in [5.74, 6) is 2.04. The summed E-state index contributed by atoms with van der Waals surface area (Å²) >= 11 is 0. The van der Waals surface area contributed by atoms with Crippen LogP contribution in [0.5, 0.6) is 11.5 Å². The Labute approximate surface area is 166 Å². The minimum atomic E-state index is -0.319. The molecule has 0 atom stereocenters. The van der Waals surface area contributed by atoms with Crippen LogP contribution in [0.15, 0.2) is 75.8 Å². The van der Waals surface area contributed by atoms with Gasteiger partial charge in [-0.15, -0.1) is 10.2 Å². The lowest BCUT2D eigenvalue weighted by Gasteiger charge is -2.06. The Hall–Kier alpha value is -4.07. The van der Waals surface area contributed by atoms with Gasteiger partial charge in [0.2, 0.25) is 5.89 Å². The maximum absolute atomic E-state index is 12.0. The Balaban J connectivity index is 1.33. The lowest BCUT2D eigenvalue weighted by Crippen LogP contribution is -2.10. The molecule has 0 spiro atoms. The molecule has 2 aromatic carbocycles. The summed E-state index contributed by atoms with van der Waals surface area (Å²) in [5, 5.41) is 10.8. The number of amides is 1. The number of nitrogens with one attached hydrogen (secondary N) is 1. The lowest BCUT2D eigenvalue weighted by atomic mass is 10.2. The first-order chi connectivity index (χ1) is 14.2. The molecule has 0 fully saturated rings. The maximum atomic E-state index is 12.0. The molecular weight excluding hydrogens is 374 g/mol. The van der Waals surface area contributed by atoms with E-state index in [9.17, 15) is 4.79 Å². The average Bonchev–Trinajstić information content (AvgIpc) is 3.46. The Morgan fingerprint density at radius 1 is 1.00 bits per heavy atom. The van der Waals surface area contributed by atoms with Crippen LogP contribution in [-0.2, 0) is 6.61 Å². The van der Waals surface area contributed by atoms with Crippen molar-refractivity contribution in [2.24, 2.45) is 0 Å². The molecule has 29 heavy (non-hydrogen) atoms. The predicted octanol–water partition coefficient (Wildman–Crippen LogP) is 4.17. The second-order valence-electron chi connectivity index (χ2n) is 5.97. The number of anilines is 1. The van der Waals surface area contributed by atoms with Gasteiger partial charge in [0.25, 0.3) is 11.8 Å². The number of carbonyl (C=O) groups excluding carboxylic acids is 1. The molecule has 0 bridgehead atoms. The van der Waals surface area contributed by atoms with Crippen molar-refractivity contribution >= 4 is 11.6 Å². The Bertz CT molecular complexity index is 1070. The highest BCUT2D eigenvalue weighted by atomic mass is 16.5. The minimum Gasteiger partial charge on any atom is -0.497 e. The third-order valence-corrected chi connectivity index (χ3v) is 4.02. The monoisotopic (exact) mass is 391 g/mol. The second-order valence-corrected chi connectivity index (χ2v) is 5.97. The molecule has 0 saturated carbocycles. The quantitative estimate of drug-likeness (QED) is 0.505. The number of methoxy groups -OCH3 is 1. The van der Waals surface area contributed by atoms with Crippen LogP contribution in [0, 0.1) is 0 Å². The smallest absolute Gasteiger partial charge is 0.291 e. The van der Waals surface area contributed by atoms with Gasteiger partial charge < -0.3 is 23.6 Å². The van der Waals surface area contributed by atoms with Crippen LogP contribution in [0.1, 0.15) is 16.4 Å². The summed E-state index contributed by atoms with van der Waals surface area (Å²) in [6.45, 7) is 0.126. The fourth-order valence-electron chi connectivity index (χ4n) is 2.54. The van der Waals surface area contributed by atoms with E-state index in [-0.39, 0.29) is 18.3 Å². The molecule has 0 saturated heterocycles.